The zero-order valence-electron chi connectivity index (χ0n) is 8.75. The van der Waals surface area contributed by atoms with Crippen molar-refractivity contribution in [3.8, 4) is 6.07 Å². The number of nitriles is 1. The number of nitrogens with zero attached hydrogens (tertiary/aromatic N) is 1. The Kier molecular flexibility index (Phi) is 4.12. The molecule has 2 unspecified atom stereocenters. The van der Waals surface area contributed by atoms with E-state index in [4.69, 9.17) is 4.74 Å². The molecule has 1 aliphatic rings. The third-order valence-corrected chi connectivity index (χ3v) is 2.71. The molecule has 2 atom stereocenters. The molecule has 1 aliphatic heterocycles. The second kappa shape index (κ2) is 5.14. The molecule has 0 aliphatic carbocycles. The van der Waals surface area contributed by atoms with Crippen molar-refractivity contribution in [1.29, 1.82) is 5.26 Å². The maximum Gasteiger partial charge on any atom is 0.111 e. The number of ether oxygens (including phenoxy) is 1. The first-order chi connectivity index (χ1) is 6.76. The van der Waals surface area contributed by atoms with E-state index in [1.165, 1.54) is 0 Å². The van der Waals surface area contributed by atoms with Crippen LogP contribution >= 0.6 is 0 Å². The molecular weight excluding hydrogens is 176 g/mol. The van der Waals surface area contributed by atoms with Crippen molar-refractivity contribution < 1.29 is 4.74 Å². The average Bonchev–Trinajstić information content (AvgIpc) is 2.26. The van der Waals surface area contributed by atoms with Crippen LogP contribution in [0.15, 0.2) is 12.7 Å². The highest BCUT2D eigenvalue weighted by molar-refractivity contribution is 5.10. The first-order valence-corrected chi connectivity index (χ1v) is 5.15. The van der Waals surface area contributed by atoms with E-state index in [1.54, 1.807) is 6.08 Å². The van der Waals surface area contributed by atoms with Crippen molar-refractivity contribution in [2.45, 2.75) is 37.8 Å². The van der Waals surface area contributed by atoms with Crippen LogP contribution < -0.4 is 5.32 Å². The Morgan fingerprint density at radius 3 is 3.14 bits per heavy atom. The largest absolute Gasteiger partial charge is 0.378 e. The third kappa shape index (κ3) is 2.57. The van der Waals surface area contributed by atoms with E-state index >= 15 is 0 Å². The molecule has 1 fully saturated rings. The van der Waals surface area contributed by atoms with E-state index in [-0.39, 0.29) is 6.10 Å². The summed E-state index contributed by atoms with van der Waals surface area (Å²) >= 11 is 0. The summed E-state index contributed by atoms with van der Waals surface area (Å²) in [7, 11) is 0. The van der Waals surface area contributed by atoms with Crippen LogP contribution in [0, 0.1) is 11.3 Å². The Hall–Kier alpha value is -0.850. The van der Waals surface area contributed by atoms with Crippen molar-refractivity contribution in [3.63, 3.8) is 0 Å². The zero-order chi connectivity index (χ0) is 10.4. The molecule has 0 aromatic heterocycles. The van der Waals surface area contributed by atoms with Gasteiger partial charge in [-0.2, -0.15) is 5.26 Å². The number of hydrogen-bond acceptors (Lipinski definition) is 3. The maximum atomic E-state index is 9.18. The molecule has 1 rings (SSSR count). The van der Waals surface area contributed by atoms with Crippen LogP contribution in [0.2, 0.25) is 0 Å². The van der Waals surface area contributed by atoms with Crippen LogP contribution in [0.5, 0.6) is 0 Å². The van der Waals surface area contributed by atoms with Gasteiger partial charge in [0.2, 0.25) is 0 Å². The summed E-state index contributed by atoms with van der Waals surface area (Å²) in [6, 6.07) is 2.38. The minimum atomic E-state index is -0.396. The van der Waals surface area contributed by atoms with Gasteiger partial charge in [-0.25, -0.2) is 0 Å². The smallest absolute Gasteiger partial charge is 0.111 e. The Morgan fingerprint density at radius 2 is 2.57 bits per heavy atom. The van der Waals surface area contributed by atoms with Gasteiger partial charge in [-0.3, -0.25) is 5.32 Å². The molecule has 14 heavy (non-hydrogen) atoms. The van der Waals surface area contributed by atoms with E-state index in [9.17, 15) is 5.26 Å². The van der Waals surface area contributed by atoms with E-state index < -0.39 is 5.54 Å². The van der Waals surface area contributed by atoms with Crippen molar-refractivity contribution in [1.82, 2.24) is 5.32 Å². The summed E-state index contributed by atoms with van der Waals surface area (Å²) in [6.07, 6.45) is 4.54. The number of nitrogens with one attached hydrogen (secondary N) is 1. The molecular formula is C11H18N2O. The van der Waals surface area contributed by atoms with Crippen LogP contribution in [-0.2, 0) is 4.74 Å². The Balaban J connectivity index is 2.59. The minimum absolute atomic E-state index is 0.223. The van der Waals surface area contributed by atoms with Crippen molar-refractivity contribution in [2.75, 3.05) is 13.2 Å². The van der Waals surface area contributed by atoms with Gasteiger partial charge >= 0.3 is 0 Å². The molecule has 0 aromatic rings. The first kappa shape index (κ1) is 11.2. The van der Waals surface area contributed by atoms with Gasteiger partial charge in [0.05, 0.1) is 12.2 Å². The third-order valence-electron chi connectivity index (χ3n) is 2.71. The molecule has 1 N–H and O–H groups in total. The minimum Gasteiger partial charge on any atom is -0.378 e. The fourth-order valence-electron chi connectivity index (χ4n) is 1.78. The molecule has 0 saturated carbocycles. The number of rotatable bonds is 4. The van der Waals surface area contributed by atoms with Gasteiger partial charge in [0.1, 0.15) is 5.54 Å². The van der Waals surface area contributed by atoms with Crippen molar-refractivity contribution >= 4 is 0 Å². The first-order valence-electron chi connectivity index (χ1n) is 5.15. The van der Waals surface area contributed by atoms with Crippen molar-refractivity contribution in [3.05, 3.63) is 12.7 Å². The normalized spacial score (nSPS) is 32.1. The number of hydrogen-bond donors (Lipinski definition) is 1. The molecule has 0 aromatic carbocycles. The molecule has 0 bridgehead atoms. The van der Waals surface area contributed by atoms with E-state index in [0.29, 0.717) is 13.2 Å². The predicted octanol–water partition coefficient (Wildman–Crippen LogP) is 1.61. The molecule has 0 amide bonds. The molecule has 3 nitrogen and oxygen atoms in total. The topological polar surface area (TPSA) is 45.0 Å². The van der Waals surface area contributed by atoms with Gasteiger partial charge in [0, 0.05) is 26.0 Å². The Morgan fingerprint density at radius 1 is 1.79 bits per heavy atom. The van der Waals surface area contributed by atoms with Crippen molar-refractivity contribution in [2.24, 2.45) is 0 Å². The van der Waals surface area contributed by atoms with E-state index in [2.05, 4.69) is 24.9 Å². The quantitative estimate of drug-likeness (QED) is 0.692. The van der Waals surface area contributed by atoms with E-state index in [0.717, 1.165) is 19.3 Å². The highest BCUT2D eigenvalue weighted by Gasteiger charge is 2.35. The van der Waals surface area contributed by atoms with Crippen LogP contribution in [0.25, 0.3) is 0 Å². The molecule has 0 radical (unpaired) electrons. The molecule has 1 heterocycles. The molecule has 78 valence electrons. The molecule has 3 heteroatoms. The van der Waals surface area contributed by atoms with Crippen LogP contribution in [0.3, 0.4) is 0 Å². The summed E-state index contributed by atoms with van der Waals surface area (Å²) in [5.74, 6) is 0. The van der Waals surface area contributed by atoms with E-state index in [1.807, 2.05) is 0 Å². The highest BCUT2D eigenvalue weighted by Crippen LogP contribution is 2.25. The van der Waals surface area contributed by atoms with Gasteiger partial charge < -0.3 is 4.74 Å². The van der Waals surface area contributed by atoms with Crippen LogP contribution in [-0.4, -0.2) is 24.8 Å². The standard InChI is InChI=1S/C11H18N2O/c1-3-6-13-11(9-12)5-7-14-10(4-2)8-11/h3,10,13H,1,4-8H2,2H3. The van der Waals surface area contributed by atoms with Gasteiger partial charge in [0.25, 0.3) is 0 Å². The molecule has 1 saturated heterocycles. The monoisotopic (exact) mass is 194 g/mol. The highest BCUT2D eigenvalue weighted by atomic mass is 16.5. The molecule has 0 spiro atoms. The fraction of sp³-hybridized carbons (Fsp3) is 0.727. The average molecular weight is 194 g/mol. The SMILES string of the molecule is C=CCNC1(C#N)CCOC(CC)C1. The lowest BCUT2D eigenvalue weighted by Gasteiger charge is -2.36. The summed E-state index contributed by atoms with van der Waals surface area (Å²) in [5.41, 5.74) is -0.396. The van der Waals surface area contributed by atoms with Gasteiger partial charge in [-0.05, 0) is 6.42 Å². The lowest BCUT2D eigenvalue weighted by Crippen LogP contribution is -2.50. The van der Waals surface area contributed by atoms with Crippen LogP contribution in [0.1, 0.15) is 26.2 Å². The Labute approximate surface area is 85.7 Å². The van der Waals surface area contributed by atoms with Gasteiger partial charge in [-0.15, -0.1) is 6.58 Å². The fourth-order valence-corrected chi connectivity index (χ4v) is 1.78. The lowest BCUT2D eigenvalue weighted by molar-refractivity contribution is -0.0149. The summed E-state index contributed by atoms with van der Waals surface area (Å²) in [5, 5.41) is 12.4. The van der Waals surface area contributed by atoms with Gasteiger partial charge in [0.15, 0.2) is 0 Å². The Bertz CT molecular complexity index is 234. The second-order valence-electron chi connectivity index (χ2n) is 3.72. The summed E-state index contributed by atoms with van der Waals surface area (Å²) in [4.78, 5) is 0. The predicted molar refractivity (Wildman–Crippen MR) is 55.8 cm³/mol. The summed E-state index contributed by atoms with van der Waals surface area (Å²) < 4.78 is 5.55. The zero-order valence-corrected chi connectivity index (χ0v) is 8.75. The second-order valence-corrected chi connectivity index (χ2v) is 3.72. The summed E-state index contributed by atoms with van der Waals surface area (Å²) in [6.45, 7) is 7.10. The maximum absolute atomic E-state index is 9.18. The lowest BCUT2D eigenvalue weighted by atomic mass is 9.87. The van der Waals surface area contributed by atoms with Gasteiger partial charge in [-0.1, -0.05) is 13.0 Å². The van der Waals surface area contributed by atoms with Crippen LogP contribution in [0.4, 0.5) is 0 Å².